The summed E-state index contributed by atoms with van der Waals surface area (Å²) in [5.41, 5.74) is 0.700. The normalized spacial score (nSPS) is 12.9. The van der Waals surface area contributed by atoms with Gasteiger partial charge in [-0.05, 0) is 58.9 Å². The Balaban J connectivity index is 2.20. The van der Waals surface area contributed by atoms with Gasteiger partial charge in [-0.25, -0.2) is 0 Å². The van der Waals surface area contributed by atoms with Crippen LogP contribution >= 0.6 is 23.4 Å². The first-order chi connectivity index (χ1) is 11.2. The molecule has 5 nitrogen and oxygen atoms in total. The Morgan fingerprint density at radius 1 is 1.29 bits per heavy atom. The largest absolute Gasteiger partial charge is 0.351 e. The third-order valence-electron chi connectivity index (χ3n) is 3.29. The van der Waals surface area contributed by atoms with Gasteiger partial charge in [0.25, 0.3) is 0 Å². The fourth-order valence-corrected chi connectivity index (χ4v) is 3.20. The van der Waals surface area contributed by atoms with Crippen LogP contribution in [0.15, 0.2) is 29.4 Å². The molecule has 1 heterocycles. The van der Waals surface area contributed by atoms with Gasteiger partial charge in [0.15, 0.2) is 11.0 Å². The van der Waals surface area contributed by atoms with Crippen molar-refractivity contribution in [1.82, 2.24) is 20.1 Å². The lowest BCUT2D eigenvalue weighted by atomic mass is 10.1. The highest BCUT2D eigenvalue weighted by atomic mass is 35.5. The van der Waals surface area contributed by atoms with Crippen molar-refractivity contribution in [2.45, 2.75) is 57.1 Å². The number of rotatable bonds is 5. The summed E-state index contributed by atoms with van der Waals surface area (Å²) < 4.78 is 2.01. The number of hydrogen-bond donors (Lipinski definition) is 1. The number of carbonyl (C=O) groups is 1. The van der Waals surface area contributed by atoms with Crippen LogP contribution in [0.1, 0.15) is 34.6 Å². The Morgan fingerprint density at radius 2 is 1.92 bits per heavy atom. The van der Waals surface area contributed by atoms with Crippen LogP contribution < -0.4 is 5.32 Å². The van der Waals surface area contributed by atoms with E-state index >= 15 is 0 Å². The molecule has 0 spiro atoms. The Labute approximate surface area is 152 Å². The molecule has 7 heteroatoms. The van der Waals surface area contributed by atoms with E-state index in [1.807, 2.05) is 63.5 Å². The first kappa shape index (κ1) is 18.8. The average Bonchev–Trinajstić information content (AvgIpc) is 2.88. The summed E-state index contributed by atoms with van der Waals surface area (Å²) in [4.78, 5) is 12.3. The number of halogens is 1. The summed E-state index contributed by atoms with van der Waals surface area (Å²) in [6.45, 7) is 10.5. The molecule has 1 amide bonds. The van der Waals surface area contributed by atoms with Crippen molar-refractivity contribution < 1.29 is 4.79 Å². The van der Waals surface area contributed by atoms with E-state index in [4.69, 9.17) is 11.6 Å². The minimum Gasteiger partial charge on any atom is -0.351 e. The molecule has 0 unspecified atom stereocenters. The van der Waals surface area contributed by atoms with Crippen LogP contribution in [0.3, 0.4) is 0 Å². The molecule has 2 aromatic rings. The van der Waals surface area contributed by atoms with E-state index in [0.29, 0.717) is 5.02 Å². The van der Waals surface area contributed by atoms with Gasteiger partial charge in [-0.15, -0.1) is 10.2 Å². The summed E-state index contributed by atoms with van der Waals surface area (Å²) in [6, 6.07) is 7.50. The second-order valence-electron chi connectivity index (χ2n) is 6.56. The first-order valence-electron chi connectivity index (χ1n) is 7.89. The van der Waals surface area contributed by atoms with Crippen molar-refractivity contribution in [2.24, 2.45) is 0 Å². The molecule has 0 aliphatic rings. The standard InChI is InChI=1S/C17H23ClN4OS/c1-6-22-14(12-7-9-13(18)10-8-12)20-21-16(22)24-11(2)15(23)19-17(3,4)5/h7-11H,6H2,1-5H3,(H,19,23)/t11-/m0/s1. The molecule has 1 N–H and O–H groups in total. The van der Waals surface area contributed by atoms with Gasteiger partial charge in [-0.3, -0.25) is 4.79 Å². The molecule has 2 rings (SSSR count). The van der Waals surface area contributed by atoms with Crippen LogP contribution in [0, 0.1) is 0 Å². The van der Waals surface area contributed by atoms with Gasteiger partial charge in [0.2, 0.25) is 5.91 Å². The molecule has 1 aromatic heterocycles. The SMILES string of the molecule is CCn1c(S[C@@H](C)C(=O)NC(C)(C)C)nnc1-c1ccc(Cl)cc1. The quantitative estimate of drug-likeness (QED) is 0.812. The number of benzene rings is 1. The van der Waals surface area contributed by atoms with Crippen molar-refractivity contribution in [3.05, 3.63) is 29.3 Å². The van der Waals surface area contributed by atoms with Crippen LogP contribution in [-0.2, 0) is 11.3 Å². The number of carbonyl (C=O) groups excluding carboxylic acids is 1. The van der Waals surface area contributed by atoms with Gasteiger partial charge in [-0.1, -0.05) is 23.4 Å². The molecule has 0 aliphatic heterocycles. The molecule has 130 valence electrons. The van der Waals surface area contributed by atoms with Crippen LogP contribution in [0.2, 0.25) is 5.02 Å². The highest BCUT2D eigenvalue weighted by Crippen LogP contribution is 2.27. The summed E-state index contributed by atoms with van der Waals surface area (Å²) in [7, 11) is 0. The summed E-state index contributed by atoms with van der Waals surface area (Å²) in [6.07, 6.45) is 0. The molecular formula is C17H23ClN4OS. The van der Waals surface area contributed by atoms with Crippen molar-refractivity contribution >= 4 is 29.3 Å². The van der Waals surface area contributed by atoms with E-state index in [9.17, 15) is 4.79 Å². The first-order valence-corrected chi connectivity index (χ1v) is 9.15. The van der Waals surface area contributed by atoms with E-state index in [1.54, 1.807) is 0 Å². The lowest BCUT2D eigenvalue weighted by Gasteiger charge is -2.22. The number of thioether (sulfide) groups is 1. The maximum absolute atomic E-state index is 12.3. The van der Waals surface area contributed by atoms with Gasteiger partial charge < -0.3 is 9.88 Å². The lowest BCUT2D eigenvalue weighted by Crippen LogP contribution is -2.44. The maximum atomic E-state index is 12.3. The van der Waals surface area contributed by atoms with Gasteiger partial charge in [-0.2, -0.15) is 0 Å². The van der Waals surface area contributed by atoms with Gasteiger partial charge in [0.05, 0.1) is 5.25 Å². The topological polar surface area (TPSA) is 59.8 Å². The molecule has 24 heavy (non-hydrogen) atoms. The average molecular weight is 367 g/mol. The van der Waals surface area contributed by atoms with Gasteiger partial charge in [0, 0.05) is 22.7 Å². The predicted molar refractivity (Wildman–Crippen MR) is 99.4 cm³/mol. The summed E-state index contributed by atoms with van der Waals surface area (Å²) in [5, 5.41) is 12.7. The Bertz CT molecular complexity index is 706. The molecule has 1 aromatic carbocycles. The molecule has 0 bridgehead atoms. The predicted octanol–water partition coefficient (Wildman–Crippen LogP) is 4.01. The number of hydrogen-bond acceptors (Lipinski definition) is 4. The van der Waals surface area contributed by atoms with Gasteiger partial charge >= 0.3 is 0 Å². The highest BCUT2D eigenvalue weighted by Gasteiger charge is 2.23. The van der Waals surface area contributed by atoms with Crippen molar-refractivity contribution in [3.63, 3.8) is 0 Å². The molecule has 1 atom stereocenters. The highest BCUT2D eigenvalue weighted by molar-refractivity contribution is 8.00. The molecule has 0 saturated heterocycles. The van der Waals surface area contributed by atoms with Crippen LogP contribution in [0.25, 0.3) is 11.4 Å². The fraction of sp³-hybridized carbons (Fsp3) is 0.471. The van der Waals surface area contributed by atoms with Crippen molar-refractivity contribution in [3.8, 4) is 11.4 Å². The Morgan fingerprint density at radius 3 is 2.46 bits per heavy atom. The van der Waals surface area contributed by atoms with Crippen LogP contribution in [0.5, 0.6) is 0 Å². The van der Waals surface area contributed by atoms with E-state index in [0.717, 1.165) is 23.1 Å². The van der Waals surface area contributed by atoms with E-state index in [2.05, 4.69) is 15.5 Å². The van der Waals surface area contributed by atoms with Crippen molar-refractivity contribution in [1.29, 1.82) is 0 Å². The van der Waals surface area contributed by atoms with Crippen LogP contribution in [-0.4, -0.2) is 31.5 Å². The van der Waals surface area contributed by atoms with Gasteiger partial charge in [0.1, 0.15) is 0 Å². The molecule has 0 saturated carbocycles. The fourth-order valence-electron chi connectivity index (χ4n) is 2.16. The molecule has 0 fully saturated rings. The second kappa shape index (κ2) is 7.57. The zero-order chi connectivity index (χ0) is 17.9. The number of aromatic nitrogens is 3. The van der Waals surface area contributed by atoms with Crippen molar-refractivity contribution in [2.75, 3.05) is 0 Å². The second-order valence-corrected chi connectivity index (χ2v) is 8.30. The minimum absolute atomic E-state index is 0.00815. The smallest absolute Gasteiger partial charge is 0.233 e. The molecule has 0 radical (unpaired) electrons. The maximum Gasteiger partial charge on any atom is 0.233 e. The third-order valence-corrected chi connectivity index (χ3v) is 4.62. The number of nitrogens with one attached hydrogen (secondary N) is 1. The zero-order valence-corrected chi connectivity index (χ0v) is 16.2. The lowest BCUT2D eigenvalue weighted by molar-refractivity contribution is -0.121. The monoisotopic (exact) mass is 366 g/mol. The van der Waals surface area contributed by atoms with E-state index in [1.165, 1.54) is 11.8 Å². The van der Waals surface area contributed by atoms with E-state index < -0.39 is 0 Å². The number of amides is 1. The minimum atomic E-state index is -0.253. The van der Waals surface area contributed by atoms with Crippen LogP contribution in [0.4, 0.5) is 0 Å². The molecular weight excluding hydrogens is 344 g/mol. The van der Waals surface area contributed by atoms with E-state index in [-0.39, 0.29) is 16.7 Å². The number of nitrogens with zero attached hydrogens (tertiary/aromatic N) is 3. The summed E-state index contributed by atoms with van der Waals surface area (Å²) in [5.74, 6) is 0.770. The third kappa shape index (κ3) is 4.74. The Hall–Kier alpha value is -1.53. The zero-order valence-electron chi connectivity index (χ0n) is 14.6. The summed E-state index contributed by atoms with van der Waals surface area (Å²) >= 11 is 7.36. The molecule has 0 aliphatic carbocycles. The Kier molecular flexibility index (Phi) is 5.93.